The van der Waals surface area contributed by atoms with Crippen LogP contribution in [0.1, 0.15) is 22.7 Å². The van der Waals surface area contributed by atoms with E-state index >= 15 is 0 Å². The average molecular weight is 263 g/mol. The smallest absolute Gasteiger partial charge is 0.126 e. The van der Waals surface area contributed by atoms with Gasteiger partial charge in [-0.25, -0.2) is 8.78 Å². The highest BCUT2D eigenvalue weighted by Gasteiger charge is 2.14. The Morgan fingerprint density at radius 3 is 2.53 bits per heavy atom. The van der Waals surface area contributed by atoms with Gasteiger partial charge in [-0.1, -0.05) is 0 Å². The van der Waals surface area contributed by atoms with Gasteiger partial charge in [-0.15, -0.1) is 0 Å². The molecule has 2 rings (SSSR count). The van der Waals surface area contributed by atoms with Crippen LogP contribution in [0.15, 0.2) is 36.7 Å². The fraction of sp³-hybridized carbons (Fsp3) is 0.214. The third-order valence-electron chi connectivity index (χ3n) is 3.00. The van der Waals surface area contributed by atoms with Crippen LogP contribution in [0, 0.1) is 18.6 Å². The molecule has 0 saturated heterocycles. The molecular weight excluding hydrogens is 248 g/mol. The van der Waals surface area contributed by atoms with Crippen molar-refractivity contribution < 1.29 is 8.78 Å². The molecule has 0 radical (unpaired) electrons. The van der Waals surface area contributed by atoms with Crippen LogP contribution >= 0.6 is 0 Å². The van der Waals surface area contributed by atoms with Crippen molar-refractivity contribution in [2.24, 2.45) is 5.84 Å². The van der Waals surface area contributed by atoms with E-state index in [-0.39, 0.29) is 6.04 Å². The summed E-state index contributed by atoms with van der Waals surface area (Å²) in [6.07, 6.45) is 3.79. The Kier molecular flexibility index (Phi) is 4.19. The van der Waals surface area contributed by atoms with Gasteiger partial charge in [0.25, 0.3) is 0 Å². The standard InChI is InChI=1S/C14H15F2N3/c1-9-8-18-3-2-13(9)14(19-17)6-10-4-11(15)7-12(16)5-10/h2-5,7-8,14,19H,6,17H2,1H3. The summed E-state index contributed by atoms with van der Waals surface area (Å²) in [5.74, 6) is 4.37. The van der Waals surface area contributed by atoms with Crippen molar-refractivity contribution in [2.75, 3.05) is 0 Å². The number of hydrogen-bond donors (Lipinski definition) is 2. The quantitative estimate of drug-likeness (QED) is 0.658. The molecule has 1 heterocycles. The Morgan fingerprint density at radius 1 is 1.26 bits per heavy atom. The van der Waals surface area contributed by atoms with Gasteiger partial charge in [-0.05, 0) is 48.2 Å². The molecule has 0 spiro atoms. The van der Waals surface area contributed by atoms with Crippen molar-refractivity contribution in [3.8, 4) is 0 Å². The number of halogens is 2. The summed E-state index contributed by atoms with van der Waals surface area (Å²) < 4.78 is 26.3. The van der Waals surface area contributed by atoms with Crippen molar-refractivity contribution in [1.29, 1.82) is 0 Å². The lowest BCUT2D eigenvalue weighted by molar-refractivity contribution is 0.538. The number of aromatic nitrogens is 1. The zero-order valence-corrected chi connectivity index (χ0v) is 10.5. The number of nitrogens with two attached hydrogens (primary N) is 1. The second-order valence-corrected chi connectivity index (χ2v) is 4.43. The monoisotopic (exact) mass is 263 g/mol. The molecule has 100 valence electrons. The zero-order valence-electron chi connectivity index (χ0n) is 10.5. The normalized spacial score (nSPS) is 12.4. The van der Waals surface area contributed by atoms with Gasteiger partial charge in [0.15, 0.2) is 0 Å². The van der Waals surface area contributed by atoms with E-state index in [1.165, 1.54) is 12.1 Å². The second-order valence-electron chi connectivity index (χ2n) is 4.43. The third kappa shape index (κ3) is 3.33. The van der Waals surface area contributed by atoms with Crippen LogP contribution < -0.4 is 11.3 Å². The number of pyridine rings is 1. The van der Waals surface area contributed by atoms with Crippen LogP contribution in [0.25, 0.3) is 0 Å². The summed E-state index contributed by atoms with van der Waals surface area (Å²) in [5, 5.41) is 0. The van der Waals surface area contributed by atoms with Crippen LogP contribution in [-0.2, 0) is 6.42 Å². The van der Waals surface area contributed by atoms with Gasteiger partial charge >= 0.3 is 0 Å². The largest absolute Gasteiger partial charge is 0.271 e. The molecule has 5 heteroatoms. The van der Waals surface area contributed by atoms with Crippen LogP contribution in [0.5, 0.6) is 0 Å². The zero-order chi connectivity index (χ0) is 13.8. The van der Waals surface area contributed by atoms with E-state index in [0.29, 0.717) is 12.0 Å². The first-order valence-electron chi connectivity index (χ1n) is 5.91. The molecule has 3 nitrogen and oxygen atoms in total. The van der Waals surface area contributed by atoms with Crippen LogP contribution in [0.4, 0.5) is 8.78 Å². The van der Waals surface area contributed by atoms with Gasteiger partial charge < -0.3 is 0 Å². The summed E-state index contributed by atoms with van der Waals surface area (Å²) in [5.41, 5.74) is 5.16. The van der Waals surface area contributed by atoms with Crippen LogP contribution in [0.2, 0.25) is 0 Å². The van der Waals surface area contributed by atoms with E-state index in [4.69, 9.17) is 5.84 Å². The summed E-state index contributed by atoms with van der Waals surface area (Å²) in [4.78, 5) is 4.01. The fourth-order valence-electron chi connectivity index (χ4n) is 2.10. The Balaban J connectivity index is 2.26. The first kappa shape index (κ1) is 13.6. The van der Waals surface area contributed by atoms with Crippen molar-refractivity contribution in [3.63, 3.8) is 0 Å². The molecule has 19 heavy (non-hydrogen) atoms. The van der Waals surface area contributed by atoms with Crippen molar-refractivity contribution in [1.82, 2.24) is 10.4 Å². The Morgan fingerprint density at radius 2 is 1.95 bits per heavy atom. The maximum Gasteiger partial charge on any atom is 0.126 e. The molecular formula is C14H15F2N3. The molecule has 0 amide bonds. The number of benzene rings is 1. The van der Waals surface area contributed by atoms with Gasteiger partial charge in [0, 0.05) is 18.5 Å². The minimum absolute atomic E-state index is 0.218. The summed E-state index contributed by atoms with van der Waals surface area (Å²) >= 11 is 0. The molecule has 0 fully saturated rings. The average Bonchev–Trinajstić information content (AvgIpc) is 2.36. The van der Waals surface area contributed by atoms with Gasteiger partial charge in [0.2, 0.25) is 0 Å². The molecule has 0 aliphatic heterocycles. The topological polar surface area (TPSA) is 50.9 Å². The lowest BCUT2D eigenvalue weighted by Crippen LogP contribution is -2.30. The van der Waals surface area contributed by atoms with Crippen LogP contribution in [0.3, 0.4) is 0 Å². The van der Waals surface area contributed by atoms with Gasteiger partial charge in [-0.2, -0.15) is 0 Å². The highest BCUT2D eigenvalue weighted by molar-refractivity contribution is 5.28. The number of nitrogens with one attached hydrogen (secondary N) is 1. The highest BCUT2D eigenvalue weighted by atomic mass is 19.1. The Bertz CT molecular complexity index is 552. The minimum Gasteiger partial charge on any atom is -0.271 e. The predicted molar refractivity (Wildman–Crippen MR) is 69.1 cm³/mol. The molecule has 1 unspecified atom stereocenters. The lowest BCUT2D eigenvalue weighted by Gasteiger charge is -2.18. The molecule has 1 atom stereocenters. The van der Waals surface area contributed by atoms with E-state index < -0.39 is 11.6 Å². The van der Waals surface area contributed by atoms with Gasteiger partial charge in [-0.3, -0.25) is 16.3 Å². The molecule has 0 aliphatic carbocycles. The van der Waals surface area contributed by atoms with E-state index in [9.17, 15) is 8.78 Å². The molecule has 1 aromatic heterocycles. The van der Waals surface area contributed by atoms with Crippen molar-refractivity contribution in [2.45, 2.75) is 19.4 Å². The molecule has 3 N–H and O–H groups in total. The number of rotatable bonds is 4. The predicted octanol–water partition coefficient (Wildman–Crippen LogP) is 2.42. The number of aryl methyl sites for hydroxylation is 1. The van der Waals surface area contributed by atoms with E-state index in [2.05, 4.69) is 10.4 Å². The van der Waals surface area contributed by atoms with E-state index in [1.54, 1.807) is 12.4 Å². The molecule has 0 saturated carbocycles. The summed E-state index contributed by atoms with van der Waals surface area (Å²) in [7, 11) is 0. The first-order valence-corrected chi connectivity index (χ1v) is 5.91. The Hall–Kier alpha value is -1.85. The molecule has 2 aromatic rings. The molecule has 1 aromatic carbocycles. The van der Waals surface area contributed by atoms with E-state index in [0.717, 1.165) is 17.2 Å². The van der Waals surface area contributed by atoms with Crippen molar-refractivity contribution in [3.05, 3.63) is 65.0 Å². The second kappa shape index (κ2) is 5.86. The van der Waals surface area contributed by atoms with Gasteiger partial charge in [0.1, 0.15) is 11.6 Å². The molecule has 0 aliphatic rings. The number of hydrazine groups is 1. The SMILES string of the molecule is Cc1cnccc1C(Cc1cc(F)cc(F)c1)NN. The maximum atomic E-state index is 13.2. The number of nitrogens with zero attached hydrogens (tertiary/aromatic N) is 1. The first-order chi connectivity index (χ1) is 9.10. The van der Waals surface area contributed by atoms with Crippen molar-refractivity contribution >= 4 is 0 Å². The maximum absolute atomic E-state index is 13.2. The highest BCUT2D eigenvalue weighted by Crippen LogP contribution is 2.21. The van der Waals surface area contributed by atoms with Crippen LogP contribution in [-0.4, -0.2) is 4.98 Å². The minimum atomic E-state index is -0.586. The summed E-state index contributed by atoms with van der Waals surface area (Å²) in [6, 6.07) is 5.10. The van der Waals surface area contributed by atoms with Gasteiger partial charge in [0.05, 0.1) is 6.04 Å². The van der Waals surface area contributed by atoms with E-state index in [1.807, 2.05) is 13.0 Å². The third-order valence-corrected chi connectivity index (χ3v) is 3.00. The fourth-order valence-corrected chi connectivity index (χ4v) is 2.10. The Labute approximate surface area is 110 Å². The molecule has 0 bridgehead atoms. The number of hydrogen-bond acceptors (Lipinski definition) is 3. The summed E-state index contributed by atoms with van der Waals surface area (Å²) in [6.45, 7) is 1.92. The lowest BCUT2D eigenvalue weighted by atomic mass is 9.97.